The van der Waals surface area contributed by atoms with Crippen LogP contribution in [0.1, 0.15) is 12.8 Å². The molecule has 1 fully saturated rings. The Morgan fingerprint density at radius 2 is 2.09 bits per heavy atom. The Hall–Kier alpha value is -0.0800. The fourth-order valence-electron chi connectivity index (χ4n) is 1.35. The largest absolute Gasteiger partial charge is 0.306 e. The van der Waals surface area contributed by atoms with Crippen LogP contribution in [0.15, 0.2) is 0 Å². The molecule has 0 bridgehead atoms. The summed E-state index contributed by atoms with van der Waals surface area (Å²) in [5, 5.41) is 0. The van der Waals surface area contributed by atoms with Crippen molar-refractivity contribution in [2.24, 2.45) is 5.41 Å². The number of likely N-dealkylation sites (tertiary alicyclic amines) is 1. The third-order valence-corrected chi connectivity index (χ3v) is 3.03. The normalized spacial score (nSPS) is 24.9. The summed E-state index contributed by atoms with van der Waals surface area (Å²) < 4.78 is 0. The van der Waals surface area contributed by atoms with Crippen molar-refractivity contribution in [2.75, 3.05) is 26.0 Å². The highest BCUT2D eigenvalue weighted by molar-refractivity contribution is 6.19. The predicted octanol–water partition coefficient (Wildman–Crippen LogP) is 1.14. The Labute approximate surface area is 72.5 Å². The van der Waals surface area contributed by atoms with E-state index < -0.39 is 0 Å². The number of alkyl halides is 1. The maximum absolute atomic E-state index is 10.7. The highest BCUT2D eigenvalue weighted by Crippen LogP contribution is 2.29. The van der Waals surface area contributed by atoms with Gasteiger partial charge in [-0.2, -0.15) is 0 Å². The van der Waals surface area contributed by atoms with Crippen LogP contribution in [-0.4, -0.2) is 37.2 Å². The van der Waals surface area contributed by atoms with Gasteiger partial charge in [0.25, 0.3) is 0 Å². The van der Waals surface area contributed by atoms with E-state index in [-0.39, 0.29) is 5.41 Å². The van der Waals surface area contributed by atoms with Gasteiger partial charge < -0.3 is 9.69 Å². The Morgan fingerprint density at radius 1 is 1.55 bits per heavy atom. The van der Waals surface area contributed by atoms with Gasteiger partial charge in [-0.1, -0.05) is 0 Å². The fourth-order valence-corrected chi connectivity index (χ4v) is 1.68. The summed E-state index contributed by atoms with van der Waals surface area (Å²) in [6.45, 7) is 1.98. The molecule has 0 N–H and O–H groups in total. The number of hydrogen-bond acceptors (Lipinski definition) is 2. The van der Waals surface area contributed by atoms with E-state index in [0.29, 0.717) is 5.88 Å². The molecule has 2 nitrogen and oxygen atoms in total. The van der Waals surface area contributed by atoms with Crippen LogP contribution < -0.4 is 0 Å². The molecule has 0 aromatic carbocycles. The van der Waals surface area contributed by atoms with Gasteiger partial charge in [0.2, 0.25) is 0 Å². The molecule has 1 aliphatic heterocycles. The predicted molar refractivity (Wildman–Crippen MR) is 45.9 cm³/mol. The van der Waals surface area contributed by atoms with Gasteiger partial charge in [0.05, 0.1) is 0 Å². The molecule has 0 saturated carbocycles. The van der Waals surface area contributed by atoms with Gasteiger partial charge in [-0.05, 0) is 33.0 Å². The van der Waals surface area contributed by atoms with E-state index in [4.69, 9.17) is 11.6 Å². The smallest absolute Gasteiger partial charge is 0.127 e. The molecule has 1 heterocycles. The Kier molecular flexibility index (Phi) is 2.90. The third kappa shape index (κ3) is 1.94. The SMILES string of the molecule is CN1CCC(C=O)(CCl)CC1. The maximum Gasteiger partial charge on any atom is 0.127 e. The first kappa shape index (κ1) is 9.01. The Balaban J connectivity index is 2.52. The van der Waals surface area contributed by atoms with E-state index in [0.717, 1.165) is 32.2 Å². The van der Waals surface area contributed by atoms with Crippen LogP contribution in [0, 0.1) is 5.41 Å². The molecular formula is C8H14ClNO. The van der Waals surface area contributed by atoms with Crippen molar-refractivity contribution < 1.29 is 4.79 Å². The second-order valence-corrected chi connectivity index (χ2v) is 3.68. The van der Waals surface area contributed by atoms with E-state index in [1.54, 1.807) is 0 Å². The van der Waals surface area contributed by atoms with Gasteiger partial charge in [0.1, 0.15) is 6.29 Å². The van der Waals surface area contributed by atoms with Crippen molar-refractivity contribution in [1.82, 2.24) is 4.90 Å². The van der Waals surface area contributed by atoms with Crippen molar-refractivity contribution in [2.45, 2.75) is 12.8 Å². The summed E-state index contributed by atoms with van der Waals surface area (Å²) in [7, 11) is 2.07. The zero-order chi connectivity index (χ0) is 8.32. The minimum absolute atomic E-state index is 0.214. The van der Waals surface area contributed by atoms with Gasteiger partial charge in [0, 0.05) is 11.3 Å². The van der Waals surface area contributed by atoms with E-state index in [1.165, 1.54) is 0 Å². The first-order chi connectivity index (χ1) is 5.22. The molecule has 0 amide bonds. The van der Waals surface area contributed by atoms with Gasteiger partial charge in [-0.25, -0.2) is 0 Å². The highest BCUT2D eigenvalue weighted by Gasteiger charge is 2.32. The van der Waals surface area contributed by atoms with Crippen LogP contribution in [0.4, 0.5) is 0 Å². The van der Waals surface area contributed by atoms with Crippen molar-refractivity contribution in [3.63, 3.8) is 0 Å². The maximum atomic E-state index is 10.7. The number of carbonyl (C=O) groups is 1. The van der Waals surface area contributed by atoms with E-state index in [2.05, 4.69) is 11.9 Å². The number of halogens is 1. The van der Waals surface area contributed by atoms with Gasteiger partial charge in [0.15, 0.2) is 0 Å². The quantitative estimate of drug-likeness (QED) is 0.464. The molecule has 0 spiro atoms. The van der Waals surface area contributed by atoms with Crippen LogP contribution >= 0.6 is 11.6 Å². The van der Waals surface area contributed by atoms with Gasteiger partial charge >= 0.3 is 0 Å². The first-order valence-corrected chi connectivity index (χ1v) is 4.47. The number of rotatable bonds is 2. The number of nitrogens with zero attached hydrogens (tertiary/aromatic N) is 1. The molecule has 0 atom stereocenters. The van der Waals surface area contributed by atoms with Gasteiger partial charge in [-0.15, -0.1) is 11.6 Å². The summed E-state index contributed by atoms with van der Waals surface area (Å²) in [6, 6.07) is 0. The molecule has 0 unspecified atom stereocenters. The molecule has 1 aliphatic rings. The van der Waals surface area contributed by atoms with Crippen LogP contribution in [0.5, 0.6) is 0 Å². The lowest BCUT2D eigenvalue weighted by molar-refractivity contribution is -0.117. The van der Waals surface area contributed by atoms with E-state index in [1.807, 2.05) is 0 Å². The summed E-state index contributed by atoms with van der Waals surface area (Å²) >= 11 is 5.74. The standard InChI is InChI=1S/C8H14ClNO/c1-10-4-2-8(6-9,7-11)3-5-10/h7H,2-6H2,1H3. The molecule has 3 heteroatoms. The number of aldehydes is 1. The molecule has 0 aromatic rings. The molecule has 11 heavy (non-hydrogen) atoms. The zero-order valence-corrected chi connectivity index (χ0v) is 7.60. The molecule has 64 valence electrons. The minimum Gasteiger partial charge on any atom is -0.306 e. The number of piperidine rings is 1. The van der Waals surface area contributed by atoms with Gasteiger partial charge in [-0.3, -0.25) is 0 Å². The molecule has 1 saturated heterocycles. The lowest BCUT2D eigenvalue weighted by Gasteiger charge is -2.34. The van der Waals surface area contributed by atoms with Crippen molar-refractivity contribution in [3.8, 4) is 0 Å². The second-order valence-electron chi connectivity index (χ2n) is 3.42. The van der Waals surface area contributed by atoms with Crippen molar-refractivity contribution >= 4 is 17.9 Å². The highest BCUT2D eigenvalue weighted by atomic mass is 35.5. The summed E-state index contributed by atoms with van der Waals surface area (Å²) in [4.78, 5) is 12.9. The first-order valence-electron chi connectivity index (χ1n) is 3.93. The zero-order valence-electron chi connectivity index (χ0n) is 6.85. The summed E-state index contributed by atoms with van der Waals surface area (Å²) in [5.74, 6) is 0.477. The molecule has 0 aliphatic carbocycles. The van der Waals surface area contributed by atoms with Crippen LogP contribution in [0.25, 0.3) is 0 Å². The van der Waals surface area contributed by atoms with Crippen molar-refractivity contribution in [3.05, 3.63) is 0 Å². The van der Waals surface area contributed by atoms with Crippen LogP contribution in [0.2, 0.25) is 0 Å². The molecule has 0 radical (unpaired) electrons. The minimum atomic E-state index is -0.214. The second kappa shape index (κ2) is 3.55. The average Bonchev–Trinajstić information content (AvgIpc) is 2.07. The number of carbonyl (C=O) groups excluding carboxylic acids is 1. The Morgan fingerprint density at radius 3 is 2.45 bits per heavy atom. The monoisotopic (exact) mass is 175 g/mol. The topological polar surface area (TPSA) is 20.3 Å². The molecular weight excluding hydrogens is 162 g/mol. The van der Waals surface area contributed by atoms with Crippen LogP contribution in [-0.2, 0) is 4.79 Å². The van der Waals surface area contributed by atoms with Crippen molar-refractivity contribution in [1.29, 1.82) is 0 Å². The summed E-state index contributed by atoms with van der Waals surface area (Å²) in [5.41, 5.74) is -0.214. The molecule has 1 rings (SSSR count). The van der Waals surface area contributed by atoms with E-state index >= 15 is 0 Å². The average molecular weight is 176 g/mol. The third-order valence-electron chi connectivity index (χ3n) is 2.50. The number of hydrogen-bond donors (Lipinski definition) is 0. The lowest BCUT2D eigenvalue weighted by Crippen LogP contribution is -2.40. The molecule has 0 aromatic heterocycles. The fraction of sp³-hybridized carbons (Fsp3) is 0.875. The Bertz CT molecular complexity index is 141. The van der Waals surface area contributed by atoms with Crippen LogP contribution in [0.3, 0.4) is 0 Å². The van der Waals surface area contributed by atoms with E-state index in [9.17, 15) is 4.79 Å². The lowest BCUT2D eigenvalue weighted by atomic mass is 9.82. The summed E-state index contributed by atoms with van der Waals surface area (Å²) in [6.07, 6.45) is 2.86.